The minimum absolute atomic E-state index is 0.456. The van der Waals surface area contributed by atoms with Crippen molar-refractivity contribution < 1.29 is 4.79 Å². The number of rotatable bonds is 3. The maximum Gasteiger partial charge on any atom is 0.248 e. The molecule has 27 heavy (non-hydrogen) atoms. The molecule has 3 N–H and O–H groups in total. The van der Waals surface area contributed by atoms with Crippen molar-refractivity contribution in [2.75, 3.05) is 5.32 Å². The molecule has 3 aromatic rings. The van der Waals surface area contributed by atoms with Gasteiger partial charge in [0.1, 0.15) is 6.04 Å². The summed E-state index contributed by atoms with van der Waals surface area (Å²) in [4.78, 5) is 16.8. The molecule has 0 unspecified atom stereocenters. The first-order chi connectivity index (χ1) is 12.9. The van der Waals surface area contributed by atoms with Crippen molar-refractivity contribution in [3.05, 3.63) is 74.9 Å². The second kappa shape index (κ2) is 6.83. The Morgan fingerprint density at radius 2 is 1.85 bits per heavy atom. The molecule has 1 aromatic heterocycles. The van der Waals surface area contributed by atoms with Crippen LogP contribution in [0.2, 0.25) is 5.02 Å². The van der Waals surface area contributed by atoms with Crippen LogP contribution < -0.4 is 11.1 Å². The molecule has 0 aliphatic carbocycles. The lowest BCUT2D eigenvalue weighted by atomic mass is 9.95. The average Bonchev–Trinajstić information content (AvgIpc) is 3.05. The summed E-state index contributed by atoms with van der Waals surface area (Å²) in [5, 5.41) is 8.42. The number of hydrogen-bond donors (Lipinski definition) is 2. The lowest BCUT2D eigenvalue weighted by Gasteiger charge is -2.27. The number of amides is 1. The third-order valence-electron chi connectivity index (χ3n) is 4.41. The van der Waals surface area contributed by atoms with Gasteiger partial charge < -0.3 is 11.1 Å². The maximum absolute atomic E-state index is 12.2. The van der Waals surface area contributed by atoms with Crippen LogP contribution in [0.15, 0.2) is 64.3 Å². The number of carbonyl (C=O) groups excluding carboxylic acids is 1. The third-order valence-corrected chi connectivity index (χ3v) is 5.19. The van der Waals surface area contributed by atoms with E-state index in [-0.39, 0.29) is 0 Å². The number of fused-ring (bicyclic) bond motifs is 1. The molecule has 2 heterocycles. The van der Waals surface area contributed by atoms with E-state index in [4.69, 9.17) is 17.3 Å². The second-order valence-corrected chi connectivity index (χ2v) is 7.54. The first-order valence-electron chi connectivity index (χ1n) is 8.19. The first-order valence-corrected chi connectivity index (χ1v) is 9.36. The molecule has 136 valence electrons. The Morgan fingerprint density at radius 3 is 2.48 bits per heavy atom. The van der Waals surface area contributed by atoms with Crippen LogP contribution in [0.5, 0.6) is 0 Å². The molecule has 1 aliphatic heterocycles. The van der Waals surface area contributed by atoms with E-state index in [9.17, 15) is 4.79 Å². The second-order valence-electron chi connectivity index (χ2n) is 6.19. The van der Waals surface area contributed by atoms with Crippen LogP contribution in [0.4, 0.5) is 5.95 Å². The predicted octanol–water partition coefficient (Wildman–Crippen LogP) is 4.14. The summed E-state index contributed by atoms with van der Waals surface area (Å²) in [5.41, 5.74) is 8.53. The Labute approximate surface area is 169 Å². The zero-order valence-corrected chi connectivity index (χ0v) is 16.6. The summed E-state index contributed by atoms with van der Waals surface area (Å²) >= 11 is 9.41. The number of nitrogens with zero attached hydrogens (tertiary/aromatic N) is 3. The number of benzene rings is 2. The fourth-order valence-electron chi connectivity index (χ4n) is 3.14. The molecule has 0 spiro atoms. The molecule has 1 aliphatic rings. The predicted molar refractivity (Wildman–Crippen MR) is 108 cm³/mol. The van der Waals surface area contributed by atoms with E-state index < -0.39 is 11.9 Å². The van der Waals surface area contributed by atoms with E-state index in [1.165, 1.54) is 0 Å². The minimum Gasteiger partial charge on any atom is -0.366 e. The van der Waals surface area contributed by atoms with Gasteiger partial charge in [0.25, 0.3) is 0 Å². The van der Waals surface area contributed by atoms with Crippen LogP contribution in [0.3, 0.4) is 0 Å². The Morgan fingerprint density at radius 1 is 1.19 bits per heavy atom. The number of hydrogen-bond acceptors (Lipinski definition) is 4. The lowest BCUT2D eigenvalue weighted by Crippen LogP contribution is -2.31. The van der Waals surface area contributed by atoms with E-state index in [0.717, 1.165) is 15.6 Å². The Kier molecular flexibility index (Phi) is 4.49. The minimum atomic E-state index is -0.498. The topological polar surface area (TPSA) is 85.8 Å². The number of halogens is 2. The summed E-state index contributed by atoms with van der Waals surface area (Å²) in [7, 11) is 0. The summed E-state index contributed by atoms with van der Waals surface area (Å²) in [6.45, 7) is 1.81. The SMILES string of the molecule is CC1=C(C(N)=O)[C@@H](c2ccc(Br)cc2)n2nc(-c3ccc(Cl)cc3)nc2N1. The van der Waals surface area contributed by atoms with Gasteiger partial charge >= 0.3 is 0 Å². The van der Waals surface area contributed by atoms with Crippen molar-refractivity contribution in [2.45, 2.75) is 13.0 Å². The van der Waals surface area contributed by atoms with Crippen molar-refractivity contribution in [3.63, 3.8) is 0 Å². The normalized spacial score (nSPS) is 16.0. The van der Waals surface area contributed by atoms with Gasteiger partial charge in [-0.05, 0) is 48.9 Å². The van der Waals surface area contributed by atoms with E-state index in [1.807, 2.05) is 43.3 Å². The summed E-state index contributed by atoms with van der Waals surface area (Å²) < 4.78 is 2.64. The number of aromatic nitrogens is 3. The van der Waals surface area contributed by atoms with Gasteiger partial charge in [0.2, 0.25) is 11.9 Å². The molecule has 0 radical (unpaired) electrons. The highest BCUT2D eigenvalue weighted by Crippen LogP contribution is 2.36. The van der Waals surface area contributed by atoms with Crippen molar-refractivity contribution in [1.82, 2.24) is 14.8 Å². The fourth-order valence-corrected chi connectivity index (χ4v) is 3.54. The van der Waals surface area contributed by atoms with E-state index >= 15 is 0 Å². The average molecular weight is 445 g/mol. The molecule has 0 bridgehead atoms. The van der Waals surface area contributed by atoms with Gasteiger partial charge in [0.05, 0.1) is 5.57 Å². The highest BCUT2D eigenvalue weighted by atomic mass is 79.9. The van der Waals surface area contributed by atoms with Gasteiger partial charge in [-0.1, -0.05) is 39.7 Å². The van der Waals surface area contributed by atoms with Crippen LogP contribution in [-0.4, -0.2) is 20.7 Å². The Hall–Kier alpha value is -2.64. The van der Waals surface area contributed by atoms with E-state index in [2.05, 4.69) is 31.3 Å². The fraction of sp³-hybridized carbons (Fsp3) is 0.105. The quantitative estimate of drug-likeness (QED) is 0.636. The van der Waals surface area contributed by atoms with Gasteiger partial charge in [0.15, 0.2) is 5.82 Å². The van der Waals surface area contributed by atoms with E-state index in [1.54, 1.807) is 16.8 Å². The van der Waals surface area contributed by atoms with Gasteiger partial charge in [-0.25, -0.2) is 4.68 Å². The third kappa shape index (κ3) is 3.24. The molecule has 2 aromatic carbocycles. The van der Waals surface area contributed by atoms with Crippen LogP contribution in [0, 0.1) is 0 Å². The highest BCUT2D eigenvalue weighted by molar-refractivity contribution is 9.10. The number of nitrogens with two attached hydrogens (primary N) is 1. The highest BCUT2D eigenvalue weighted by Gasteiger charge is 2.33. The van der Waals surface area contributed by atoms with Gasteiger partial charge in [-0.3, -0.25) is 4.79 Å². The Balaban J connectivity index is 1.87. The molecule has 1 amide bonds. The van der Waals surface area contributed by atoms with Gasteiger partial charge in [0, 0.05) is 20.8 Å². The lowest BCUT2D eigenvalue weighted by molar-refractivity contribution is -0.115. The van der Waals surface area contributed by atoms with Crippen molar-refractivity contribution in [3.8, 4) is 11.4 Å². The van der Waals surface area contributed by atoms with E-state index in [0.29, 0.717) is 28.1 Å². The van der Waals surface area contributed by atoms with Crippen molar-refractivity contribution >= 4 is 39.4 Å². The number of carbonyl (C=O) groups is 1. The number of allylic oxidation sites excluding steroid dienone is 1. The standard InChI is InChI=1S/C19H15BrClN5O/c1-10-15(17(22)27)16(11-2-6-13(20)7-3-11)26-19(23-10)24-18(25-26)12-4-8-14(21)9-5-12/h2-9,16H,1H3,(H2,22,27)(H,23,24,25)/t16-/m1/s1. The molecular weight excluding hydrogens is 430 g/mol. The molecule has 0 fully saturated rings. The number of nitrogens with one attached hydrogen (secondary N) is 1. The van der Waals surface area contributed by atoms with Gasteiger partial charge in [-0.2, -0.15) is 4.98 Å². The summed E-state index contributed by atoms with van der Waals surface area (Å²) in [6, 6.07) is 14.5. The number of anilines is 1. The monoisotopic (exact) mass is 443 g/mol. The zero-order valence-electron chi connectivity index (χ0n) is 14.3. The first kappa shape index (κ1) is 17.8. The molecule has 1 atom stereocenters. The zero-order chi connectivity index (χ0) is 19.1. The van der Waals surface area contributed by atoms with Crippen LogP contribution >= 0.6 is 27.5 Å². The molecular formula is C19H15BrClN5O. The van der Waals surface area contributed by atoms with Crippen molar-refractivity contribution in [2.24, 2.45) is 5.73 Å². The summed E-state index contributed by atoms with van der Waals surface area (Å²) in [6.07, 6.45) is 0. The number of primary amides is 1. The molecule has 8 heteroatoms. The van der Waals surface area contributed by atoms with Crippen LogP contribution in [0.25, 0.3) is 11.4 Å². The smallest absolute Gasteiger partial charge is 0.248 e. The molecule has 4 rings (SSSR count). The van der Waals surface area contributed by atoms with Crippen LogP contribution in [0.1, 0.15) is 18.5 Å². The summed E-state index contributed by atoms with van der Waals surface area (Å²) in [5.74, 6) is 0.590. The maximum atomic E-state index is 12.2. The Bertz CT molecular complexity index is 1060. The molecule has 0 saturated heterocycles. The molecule has 0 saturated carbocycles. The largest absolute Gasteiger partial charge is 0.366 e. The van der Waals surface area contributed by atoms with Crippen LogP contribution in [-0.2, 0) is 4.79 Å². The van der Waals surface area contributed by atoms with Crippen molar-refractivity contribution in [1.29, 1.82) is 0 Å². The van der Waals surface area contributed by atoms with Gasteiger partial charge in [-0.15, -0.1) is 5.10 Å². The molecule has 6 nitrogen and oxygen atoms in total.